The minimum atomic E-state index is 1.16. The van der Waals surface area contributed by atoms with Gasteiger partial charge < -0.3 is 8.97 Å². The van der Waals surface area contributed by atoms with Crippen LogP contribution in [-0.4, -0.2) is 8.97 Å². The number of para-hydroxylation sites is 3. The molecule has 2 heteroatoms. The van der Waals surface area contributed by atoms with Crippen molar-refractivity contribution in [2.24, 2.45) is 0 Å². The van der Waals surface area contributed by atoms with Crippen LogP contribution in [0.5, 0.6) is 0 Å². The lowest BCUT2D eigenvalue weighted by molar-refractivity contribution is 1.18. The maximum absolute atomic E-state index is 2.47. The molecule has 214 valence electrons. The Bertz CT molecular complexity index is 2730. The molecule has 10 rings (SSSR count). The molecule has 0 amide bonds. The second kappa shape index (κ2) is 9.69. The summed E-state index contributed by atoms with van der Waals surface area (Å²) in [6, 6.07) is 62.0. The van der Waals surface area contributed by atoms with E-state index in [-0.39, 0.29) is 0 Å². The van der Waals surface area contributed by atoms with Crippen LogP contribution in [0.15, 0.2) is 170 Å². The molecule has 3 aromatic heterocycles. The molecule has 0 radical (unpaired) electrons. The second-order valence-corrected chi connectivity index (χ2v) is 12.2. The van der Waals surface area contributed by atoms with E-state index in [0.717, 1.165) is 5.69 Å². The fourth-order valence-electron chi connectivity index (χ4n) is 7.66. The van der Waals surface area contributed by atoms with Crippen LogP contribution in [0.2, 0.25) is 0 Å². The summed E-state index contributed by atoms with van der Waals surface area (Å²) in [4.78, 5) is 0. The number of benzene rings is 7. The molecule has 3 heterocycles. The standard InChI is InChI=1S/C44H28N2/c1-3-13-29(14-4-1)32-25-33(30-15-5-2-6-16-30)27-34(26-32)45-39-21-11-9-19-36(39)44-41(45)24-23-37-42-28-31-17-7-10-20-38(31)46(42)40-22-12-8-18-35(40)43(37)44/h1-28H. The first-order valence-corrected chi connectivity index (χ1v) is 15.9. The molecule has 0 N–H and O–H groups in total. The van der Waals surface area contributed by atoms with Gasteiger partial charge in [0.05, 0.1) is 27.6 Å². The van der Waals surface area contributed by atoms with Gasteiger partial charge in [0.25, 0.3) is 0 Å². The van der Waals surface area contributed by atoms with Gasteiger partial charge in [-0.05, 0) is 70.8 Å². The van der Waals surface area contributed by atoms with Crippen LogP contribution in [-0.2, 0) is 0 Å². The highest BCUT2D eigenvalue weighted by Crippen LogP contribution is 2.43. The smallest absolute Gasteiger partial charge is 0.0547 e. The van der Waals surface area contributed by atoms with E-state index >= 15 is 0 Å². The minimum Gasteiger partial charge on any atom is -0.309 e. The number of rotatable bonds is 3. The Hall–Kier alpha value is -6.12. The molecule has 7 aromatic carbocycles. The van der Waals surface area contributed by atoms with Crippen molar-refractivity contribution in [1.82, 2.24) is 8.97 Å². The lowest BCUT2D eigenvalue weighted by atomic mass is 9.97. The predicted molar refractivity (Wildman–Crippen MR) is 195 cm³/mol. The Kier molecular flexibility index (Phi) is 5.31. The van der Waals surface area contributed by atoms with Crippen molar-refractivity contribution in [2.45, 2.75) is 0 Å². The highest BCUT2D eigenvalue weighted by molar-refractivity contribution is 6.31. The lowest BCUT2D eigenvalue weighted by Crippen LogP contribution is -1.96. The SMILES string of the molecule is c1ccc(-c2cc(-c3ccccc3)cc(-n3c4ccccc4c4c5c6ccccc6n6c7ccccc7cc6c5ccc43)c2)cc1. The maximum Gasteiger partial charge on any atom is 0.0547 e. The lowest BCUT2D eigenvalue weighted by Gasteiger charge is -2.15. The van der Waals surface area contributed by atoms with E-state index in [0.29, 0.717) is 0 Å². The highest BCUT2D eigenvalue weighted by Gasteiger charge is 2.20. The van der Waals surface area contributed by atoms with Crippen molar-refractivity contribution in [3.63, 3.8) is 0 Å². The first-order valence-electron chi connectivity index (χ1n) is 15.9. The van der Waals surface area contributed by atoms with Crippen molar-refractivity contribution >= 4 is 59.9 Å². The van der Waals surface area contributed by atoms with Crippen molar-refractivity contribution in [2.75, 3.05) is 0 Å². The third-order valence-corrected chi connectivity index (χ3v) is 9.63. The van der Waals surface area contributed by atoms with Crippen LogP contribution in [0.3, 0.4) is 0 Å². The summed E-state index contributed by atoms with van der Waals surface area (Å²) in [5, 5.41) is 7.66. The van der Waals surface area contributed by atoms with E-state index in [9.17, 15) is 0 Å². The molecule has 0 atom stereocenters. The van der Waals surface area contributed by atoms with E-state index in [1.165, 1.54) is 82.2 Å². The predicted octanol–water partition coefficient (Wildman–Crippen LogP) is 11.8. The fourth-order valence-corrected chi connectivity index (χ4v) is 7.66. The average molecular weight is 585 g/mol. The Morgan fingerprint density at radius 1 is 0.304 bits per heavy atom. The first-order chi connectivity index (χ1) is 22.8. The van der Waals surface area contributed by atoms with Gasteiger partial charge in [0.1, 0.15) is 0 Å². The van der Waals surface area contributed by atoms with Crippen LogP contribution in [0, 0.1) is 0 Å². The van der Waals surface area contributed by atoms with Gasteiger partial charge in [-0.2, -0.15) is 0 Å². The molecular weight excluding hydrogens is 556 g/mol. The molecule has 0 aliphatic heterocycles. The van der Waals surface area contributed by atoms with E-state index in [2.05, 4.69) is 179 Å². The molecule has 0 saturated carbocycles. The summed E-state index contributed by atoms with van der Waals surface area (Å²) < 4.78 is 4.91. The van der Waals surface area contributed by atoms with Gasteiger partial charge >= 0.3 is 0 Å². The Morgan fingerprint density at radius 3 is 1.54 bits per heavy atom. The van der Waals surface area contributed by atoms with Crippen molar-refractivity contribution in [3.05, 3.63) is 170 Å². The number of hydrogen-bond donors (Lipinski definition) is 0. The summed E-state index contributed by atoms with van der Waals surface area (Å²) in [5.41, 5.74) is 12.1. The zero-order chi connectivity index (χ0) is 30.2. The Morgan fingerprint density at radius 2 is 0.848 bits per heavy atom. The van der Waals surface area contributed by atoms with E-state index in [4.69, 9.17) is 0 Å². The monoisotopic (exact) mass is 584 g/mol. The Balaban J connectivity index is 1.37. The third kappa shape index (κ3) is 3.59. The Labute approximate surface area is 266 Å². The van der Waals surface area contributed by atoms with Gasteiger partial charge in [-0.1, -0.05) is 121 Å². The second-order valence-electron chi connectivity index (χ2n) is 12.2. The zero-order valence-electron chi connectivity index (χ0n) is 25.1. The number of nitrogens with zero attached hydrogens (tertiary/aromatic N) is 2. The summed E-state index contributed by atoms with van der Waals surface area (Å²) in [5.74, 6) is 0. The number of pyridine rings is 1. The first kappa shape index (κ1) is 25.2. The van der Waals surface area contributed by atoms with Gasteiger partial charge in [0.15, 0.2) is 0 Å². The summed E-state index contributed by atoms with van der Waals surface area (Å²) >= 11 is 0. The largest absolute Gasteiger partial charge is 0.309 e. The van der Waals surface area contributed by atoms with Crippen molar-refractivity contribution in [3.8, 4) is 27.9 Å². The van der Waals surface area contributed by atoms with E-state index in [1.54, 1.807) is 0 Å². The molecule has 0 aliphatic carbocycles. The highest BCUT2D eigenvalue weighted by atomic mass is 15.0. The van der Waals surface area contributed by atoms with Crippen molar-refractivity contribution in [1.29, 1.82) is 0 Å². The third-order valence-electron chi connectivity index (χ3n) is 9.63. The number of aromatic nitrogens is 2. The summed E-state index contributed by atoms with van der Waals surface area (Å²) in [6.07, 6.45) is 0. The van der Waals surface area contributed by atoms with Crippen LogP contribution >= 0.6 is 0 Å². The van der Waals surface area contributed by atoms with Gasteiger partial charge in [-0.15, -0.1) is 0 Å². The molecule has 10 aromatic rings. The number of hydrogen-bond acceptors (Lipinski definition) is 0. The molecule has 0 unspecified atom stereocenters. The van der Waals surface area contributed by atoms with Crippen LogP contribution in [0.4, 0.5) is 0 Å². The molecule has 0 saturated heterocycles. The van der Waals surface area contributed by atoms with Gasteiger partial charge in [-0.3, -0.25) is 0 Å². The van der Waals surface area contributed by atoms with Gasteiger partial charge in [0.2, 0.25) is 0 Å². The maximum atomic E-state index is 2.47. The normalized spacial score (nSPS) is 11.9. The van der Waals surface area contributed by atoms with Crippen LogP contribution < -0.4 is 0 Å². The topological polar surface area (TPSA) is 9.34 Å². The summed E-state index contributed by atoms with van der Waals surface area (Å²) in [6.45, 7) is 0. The van der Waals surface area contributed by atoms with Crippen LogP contribution in [0.1, 0.15) is 0 Å². The fraction of sp³-hybridized carbons (Fsp3) is 0. The average Bonchev–Trinajstić information content (AvgIpc) is 3.69. The van der Waals surface area contributed by atoms with Crippen molar-refractivity contribution < 1.29 is 0 Å². The summed E-state index contributed by atoms with van der Waals surface area (Å²) in [7, 11) is 0. The zero-order valence-corrected chi connectivity index (χ0v) is 25.1. The van der Waals surface area contributed by atoms with Crippen LogP contribution in [0.25, 0.3) is 87.8 Å². The number of fused-ring (bicyclic) bond motifs is 12. The van der Waals surface area contributed by atoms with E-state index in [1.807, 2.05) is 0 Å². The quantitative estimate of drug-likeness (QED) is 0.183. The van der Waals surface area contributed by atoms with Gasteiger partial charge in [0, 0.05) is 38.0 Å². The molecule has 0 bridgehead atoms. The van der Waals surface area contributed by atoms with E-state index < -0.39 is 0 Å². The molecule has 0 fully saturated rings. The minimum absolute atomic E-state index is 1.16. The molecule has 0 aliphatic rings. The van der Waals surface area contributed by atoms with Gasteiger partial charge in [-0.25, -0.2) is 0 Å². The molecule has 0 spiro atoms. The molecule has 2 nitrogen and oxygen atoms in total. The molecule has 46 heavy (non-hydrogen) atoms. The molecular formula is C44H28N2.